The van der Waals surface area contributed by atoms with Gasteiger partial charge in [0.1, 0.15) is 6.10 Å². The fraction of sp³-hybridized carbons (Fsp3) is 0.708. The van der Waals surface area contributed by atoms with Crippen molar-refractivity contribution < 1.29 is 14.3 Å². The Labute approximate surface area is 173 Å². The number of hydrogen-bond acceptors (Lipinski definition) is 4. The van der Waals surface area contributed by atoms with E-state index < -0.39 is 0 Å². The Morgan fingerprint density at radius 2 is 1.59 bits per heavy atom. The van der Waals surface area contributed by atoms with Crippen LogP contribution in [0.25, 0.3) is 0 Å². The molecule has 5 nitrogen and oxygen atoms in total. The summed E-state index contributed by atoms with van der Waals surface area (Å²) in [5.41, 5.74) is 6.02. The molecule has 0 spiro atoms. The standard InChI is InChI=1S/C24H34N2O3/c1-28-20-4-2-3-5-21(20)29-19-6-8-26(9-7-19)23(24(25)27)22-17-11-15-10-16(13-17)14-18(22)12-15/h2-5,15-19,22-23H,6-14H2,1H3,(H2,25,27). The topological polar surface area (TPSA) is 64.8 Å². The number of nitrogens with zero attached hydrogens (tertiary/aromatic N) is 1. The van der Waals surface area contributed by atoms with Crippen molar-refractivity contribution >= 4 is 5.91 Å². The number of benzene rings is 1. The SMILES string of the molecule is COc1ccccc1OC1CCN(C(C(N)=O)C2C3CC4CC(C3)CC2C4)CC1. The zero-order valence-electron chi connectivity index (χ0n) is 17.5. The molecule has 4 aliphatic carbocycles. The van der Waals surface area contributed by atoms with Crippen LogP contribution in [0.3, 0.4) is 0 Å². The van der Waals surface area contributed by atoms with Gasteiger partial charge in [-0.2, -0.15) is 0 Å². The zero-order chi connectivity index (χ0) is 20.0. The molecule has 1 saturated heterocycles. The molecule has 6 rings (SSSR count). The van der Waals surface area contributed by atoms with E-state index in [1.807, 2.05) is 24.3 Å². The van der Waals surface area contributed by atoms with E-state index in [0.717, 1.165) is 49.3 Å². The Balaban J connectivity index is 1.25. The minimum Gasteiger partial charge on any atom is -0.493 e. The average molecular weight is 399 g/mol. The first kappa shape index (κ1) is 19.2. The average Bonchev–Trinajstić information content (AvgIpc) is 2.71. The Morgan fingerprint density at radius 3 is 2.14 bits per heavy atom. The second kappa shape index (κ2) is 7.82. The van der Waals surface area contributed by atoms with Crippen LogP contribution in [0.1, 0.15) is 44.9 Å². The molecule has 4 bridgehead atoms. The van der Waals surface area contributed by atoms with Crippen molar-refractivity contribution in [3.8, 4) is 11.5 Å². The number of amides is 1. The molecule has 158 valence electrons. The molecule has 1 atom stereocenters. The largest absolute Gasteiger partial charge is 0.493 e. The minimum absolute atomic E-state index is 0.0859. The molecule has 1 amide bonds. The molecule has 1 unspecified atom stereocenters. The predicted molar refractivity (Wildman–Crippen MR) is 112 cm³/mol. The Bertz CT molecular complexity index is 715. The molecular weight excluding hydrogens is 364 g/mol. The number of rotatable bonds is 6. The van der Waals surface area contributed by atoms with Gasteiger partial charge in [-0.05, 0) is 86.7 Å². The highest BCUT2D eigenvalue weighted by Crippen LogP contribution is 2.58. The van der Waals surface area contributed by atoms with Gasteiger partial charge >= 0.3 is 0 Å². The number of para-hydroxylation sites is 2. The summed E-state index contributed by atoms with van der Waals surface area (Å²) in [6, 6.07) is 7.74. The number of carbonyl (C=O) groups excluding carboxylic acids is 1. The molecule has 29 heavy (non-hydrogen) atoms. The first-order chi connectivity index (χ1) is 14.1. The smallest absolute Gasteiger partial charge is 0.235 e. The quantitative estimate of drug-likeness (QED) is 0.797. The number of ether oxygens (including phenoxy) is 2. The lowest BCUT2D eigenvalue weighted by Crippen LogP contribution is -2.60. The van der Waals surface area contributed by atoms with Crippen molar-refractivity contribution in [2.45, 2.75) is 57.1 Å². The summed E-state index contributed by atoms with van der Waals surface area (Å²) in [5.74, 6) is 5.22. The van der Waals surface area contributed by atoms with Crippen LogP contribution in [0, 0.1) is 29.6 Å². The molecule has 1 aromatic carbocycles. The number of methoxy groups -OCH3 is 1. The molecule has 2 N–H and O–H groups in total. The highest BCUT2D eigenvalue weighted by Gasteiger charge is 2.53. The van der Waals surface area contributed by atoms with Gasteiger partial charge in [-0.1, -0.05) is 12.1 Å². The lowest BCUT2D eigenvalue weighted by atomic mass is 9.50. The van der Waals surface area contributed by atoms with Crippen LogP contribution in [0.4, 0.5) is 0 Å². The van der Waals surface area contributed by atoms with Gasteiger partial charge < -0.3 is 15.2 Å². The summed E-state index contributed by atoms with van der Waals surface area (Å²) >= 11 is 0. The molecule has 1 heterocycles. The van der Waals surface area contributed by atoms with Crippen LogP contribution in [0.15, 0.2) is 24.3 Å². The summed E-state index contributed by atoms with van der Waals surface area (Å²) in [6.07, 6.45) is 8.76. The fourth-order valence-corrected chi connectivity index (χ4v) is 7.26. The molecule has 4 saturated carbocycles. The van der Waals surface area contributed by atoms with Crippen molar-refractivity contribution in [1.29, 1.82) is 0 Å². The van der Waals surface area contributed by atoms with Gasteiger partial charge in [-0.25, -0.2) is 0 Å². The molecule has 1 aromatic rings. The van der Waals surface area contributed by atoms with Crippen molar-refractivity contribution in [1.82, 2.24) is 4.90 Å². The number of nitrogens with two attached hydrogens (primary N) is 1. The van der Waals surface area contributed by atoms with Crippen molar-refractivity contribution in [2.75, 3.05) is 20.2 Å². The summed E-state index contributed by atoms with van der Waals surface area (Å²) in [4.78, 5) is 15.0. The number of likely N-dealkylation sites (tertiary alicyclic amines) is 1. The van der Waals surface area contributed by atoms with Crippen LogP contribution < -0.4 is 15.2 Å². The van der Waals surface area contributed by atoms with Crippen molar-refractivity contribution in [3.05, 3.63) is 24.3 Å². The molecule has 5 fully saturated rings. The number of primary amides is 1. The van der Waals surface area contributed by atoms with Crippen LogP contribution in [-0.2, 0) is 4.79 Å². The van der Waals surface area contributed by atoms with E-state index in [2.05, 4.69) is 4.90 Å². The molecule has 5 heteroatoms. The molecule has 0 radical (unpaired) electrons. The highest BCUT2D eigenvalue weighted by atomic mass is 16.5. The second-order valence-electron chi connectivity index (χ2n) is 9.86. The van der Waals surface area contributed by atoms with E-state index in [4.69, 9.17) is 15.2 Å². The lowest BCUT2D eigenvalue weighted by molar-refractivity contribution is -0.136. The van der Waals surface area contributed by atoms with Gasteiger partial charge in [-0.15, -0.1) is 0 Å². The molecule has 5 aliphatic rings. The van der Waals surface area contributed by atoms with E-state index >= 15 is 0 Å². The second-order valence-corrected chi connectivity index (χ2v) is 9.86. The highest BCUT2D eigenvalue weighted by molar-refractivity contribution is 5.80. The Hall–Kier alpha value is -1.75. The molecule has 1 aliphatic heterocycles. The van der Waals surface area contributed by atoms with Crippen LogP contribution in [0.2, 0.25) is 0 Å². The van der Waals surface area contributed by atoms with Crippen LogP contribution >= 0.6 is 0 Å². The van der Waals surface area contributed by atoms with Gasteiger partial charge in [0, 0.05) is 13.1 Å². The third kappa shape index (κ3) is 3.63. The van der Waals surface area contributed by atoms with Crippen LogP contribution in [-0.4, -0.2) is 43.2 Å². The van der Waals surface area contributed by atoms with Gasteiger partial charge in [0.05, 0.1) is 13.2 Å². The van der Waals surface area contributed by atoms with E-state index in [0.29, 0.717) is 17.8 Å². The summed E-state index contributed by atoms with van der Waals surface area (Å²) < 4.78 is 11.7. The monoisotopic (exact) mass is 398 g/mol. The lowest BCUT2D eigenvalue weighted by Gasteiger charge is -2.57. The Kier molecular flexibility index (Phi) is 5.19. The predicted octanol–water partition coefficient (Wildman–Crippen LogP) is 3.46. The maximum Gasteiger partial charge on any atom is 0.235 e. The fourth-order valence-electron chi connectivity index (χ4n) is 7.26. The summed E-state index contributed by atoms with van der Waals surface area (Å²) in [5, 5.41) is 0. The third-order valence-corrected chi connectivity index (χ3v) is 8.19. The number of piperidine rings is 1. The van der Waals surface area contributed by atoms with Gasteiger partial charge in [0.15, 0.2) is 11.5 Å². The summed E-state index contributed by atoms with van der Waals surface area (Å²) in [7, 11) is 1.67. The maximum atomic E-state index is 12.6. The van der Waals surface area contributed by atoms with Crippen molar-refractivity contribution in [3.63, 3.8) is 0 Å². The minimum atomic E-state index is -0.105. The van der Waals surface area contributed by atoms with Crippen molar-refractivity contribution in [2.24, 2.45) is 35.3 Å². The van der Waals surface area contributed by atoms with Gasteiger partial charge in [0.25, 0.3) is 0 Å². The summed E-state index contributed by atoms with van der Waals surface area (Å²) in [6.45, 7) is 1.77. The van der Waals surface area contributed by atoms with Gasteiger partial charge in [0.2, 0.25) is 5.91 Å². The first-order valence-corrected chi connectivity index (χ1v) is 11.5. The Morgan fingerprint density at radius 1 is 1.00 bits per heavy atom. The van der Waals surface area contributed by atoms with Gasteiger partial charge in [-0.3, -0.25) is 9.69 Å². The van der Waals surface area contributed by atoms with Crippen LogP contribution in [0.5, 0.6) is 11.5 Å². The van der Waals surface area contributed by atoms with E-state index in [1.165, 1.54) is 32.1 Å². The number of hydrogen-bond donors (Lipinski definition) is 1. The zero-order valence-corrected chi connectivity index (χ0v) is 17.5. The van der Waals surface area contributed by atoms with E-state index in [-0.39, 0.29) is 18.1 Å². The molecule has 0 aromatic heterocycles. The number of carbonyl (C=O) groups is 1. The molecular formula is C24H34N2O3. The first-order valence-electron chi connectivity index (χ1n) is 11.5. The normalized spacial score (nSPS) is 35.4. The van der Waals surface area contributed by atoms with E-state index in [1.54, 1.807) is 7.11 Å². The van der Waals surface area contributed by atoms with E-state index in [9.17, 15) is 4.79 Å². The third-order valence-electron chi connectivity index (χ3n) is 8.19. The maximum absolute atomic E-state index is 12.6.